The van der Waals surface area contributed by atoms with E-state index < -0.39 is 0 Å². The van der Waals surface area contributed by atoms with E-state index in [0.717, 1.165) is 0 Å². The molecule has 9 heavy (non-hydrogen) atoms. The third-order valence-corrected chi connectivity index (χ3v) is 0.903. The highest BCUT2D eigenvalue weighted by Gasteiger charge is 2.02. The minimum absolute atomic E-state index is 0.609. The smallest absolute Gasteiger partial charge is 0.178 e. The molecule has 1 rings (SSSR count). The Morgan fingerprint density at radius 2 is 2.56 bits per heavy atom. The van der Waals surface area contributed by atoms with Crippen molar-refractivity contribution in [3.8, 4) is 0 Å². The van der Waals surface area contributed by atoms with Crippen molar-refractivity contribution in [3.05, 3.63) is 12.3 Å². The molecule has 1 aliphatic rings. The Bertz CT molecular complexity index is 210. The number of nitrogens with zero attached hydrogens (tertiary/aromatic N) is 3. The molecule has 1 heterocycles. The normalized spacial score (nSPS) is 17.4. The summed E-state index contributed by atoms with van der Waals surface area (Å²) < 4.78 is 0. The first-order valence-electron chi connectivity index (χ1n) is 2.63. The molecule has 0 aromatic rings. The first-order chi connectivity index (χ1) is 4.34. The van der Waals surface area contributed by atoms with Gasteiger partial charge in [-0.3, -0.25) is 0 Å². The molecule has 0 spiro atoms. The zero-order chi connectivity index (χ0) is 6.69. The lowest BCUT2D eigenvalue weighted by molar-refractivity contribution is 1.50. The summed E-state index contributed by atoms with van der Waals surface area (Å²) in [5.74, 6) is 0.609. The van der Waals surface area contributed by atoms with E-state index in [-0.39, 0.29) is 0 Å². The molecule has 0 aromatic carbocycles. The molecule has 0 N–H and O–H groups in total. The molecule has 0 fully saturated rings. The van der Waals surface area contributed by atoms with Crippen LogP contribution in [0.25, 0.3) is 0 Å². The highest BCUT2D eigenvalue weighted by Crippen LogP contribution is 2.02. The van der Waals surface area contributed by atoms with Crippen LogP contribution in [-0.2, 0) is 0 Å². The lowest BCUT2D eigenvalue weighted by Crippen LogP contribution is -1.89. The molecular weight excluding hydrogens is 114 g/mol. The molecule has 0 amide bonds. The van der Waals surface area contributed by atoms with Gasteiger partial charge in [0, 0.05) is 6.21 Å². The highest BCUT2D eigenvalue weighted by molar-refractivity contribution is 6.08. The van der Waals surface area contributed by atoms with E-state index in [2.05, 4.69) is 21.6 Å². The van der Waals surface area contributed by atoms with Crippen molar-refractivity contribution in [3.63, 3.8) is 0 Å². The Balaban J connectivity index is 2.76. The zero-order valence-corrected chi connectivity index (χ0v) is 5.20. The van der Waals surface area contributed by atoms with Gasteiger partial charge in [-0.15, -0.1) is 0 Å². The average Bonchev–Trinajstić information content (AvgIpc) is 2.18. The number of amidine groups is 1. The summed E-state index contributed by atoms with van der Waals surface area (Å²) in [7, 11) is 0. The maximum atomic E-state index is 3.91. The van der Waals surface area contributed by atoms with Crippen molar-refractivity contribution >= 4 is 18.4 Å². The SMILES string of the molecule is C=C1N=CN=C1/N=C\C. The van der Waals surface area contributed by atoms with Crippen molar-refractivity contribution < 1.29 is 0 Å². The molecule has 0 unspecified atom stereocenters. The van der Waals surface area contributed by atoms with E-state index >= 15 is 0 Å². The molecule has 0 saturated carbocycles. The van der Waals surface area contributed by atoms with Crippen molar-refractivity contribution in [2.75, 3.05) is 0 Å². The maximum absolute atomic E-state index is 3.91. The second-order valence-corrected chi connectivity index (χ2v) is 1.53. The van der Waals surface area contributed by atoms with Crippen LogP contribution in [0.15, 0.2) is 27.3 Å². The lowest BCUT2D eigenvalue weighted by Gasteiger charge is -1.86. The minimum atomic E-state index is 0.609. The van der Waals surface area contributed by atoms with Crippen molar-refractivity contribution in [2.24, 2.45) is 15.0 Å². The predicted molar refractivity (Wildman–Crippen MR) is 39.2 cm³/mol. The molecule has 46 valence electrons. The molecular formula is C6H7N3. The fourth-order valence-electron chi connectivity index (χ4n) is 0.516. The fraction of sp³-hybridized carbons (Fsp3) is 0.167. The van der Waals surface area contributed by atoms with Crippen LogP contribution >= 0.6 is 0 Å². The van der Waals surface area contributed by atoms with Crippen LogP contribution in [0.1, 0.15) is 6.92 Å². The van der Waals surface area contributed by atoms with E-state index in [1.54, 1.807) is 6.21 Å². The van der Waals surface area contributed by atoms with Crippen LogP contribution in [0.2, 0.25) is 0 Å². The Hall–Kier alpha value is -1.25. The van der Waals surface area contributed by atoms with Crippen LogP contribution in [0.5, 0.6) is 0 Å². The van der Waals surface area contributed by atoms with E-state index in [1.807, 2.05) is 6.92 Å². The highest BCUT2D eigenvalue weighted by atomic mass is 15.0. The van der Waals surface area contributed by atoms with Gasteiger partial charge < -0.3 is 0 Å². The van der Waals surface area contributed by atoms with Gasteiger partial charge in [0.1, 0.15) is 12.0 Å². The van der Waals surface area contributed by atoms with Crippen LogP contribution in [0, 0.1) is 0 Å². The summed E-state index contributed by atoms with van der Waals surface area (Å²) in [4.78, 5) is 11.5. The Labute approximate surface area is 53.6 Å². The van der Waals surface area contributed by atoms with Crippen LogP contribution in [0.4, 0.5) is 0 Å². The topological polar surface area (TPSA) is 37.1 Å². The summed E-state index contributed by atoms with van der Waals surface area (Å²) in [6, 6.07) is 0. The number of rotatable bonds is 0. The quantitative estimate of drug-likeness (QED) is 0.429. The van der Waals surface area contributed by atoms with Crippen LogP contribution in [-0.4, -0.2) is 18.4 Å². The number of hydrogen-bond donors (Lipinski definition) is 0. The standard InChI is InChI=1S/C6H7N3/c1-3-7-6-5(2)8-4-9-6/h3-4H,2H2,1H3/b7-3-. The first kappa shape index (κ1) is 5.88. The van der Waals surface area contributed by atoms with E-state index in [0.29, 0.717) is 11.5 Å². The zero-order valence-electron chi connectivity index (χ0n) is 5.20. The summed E-state index contributed by atoms with van der Waals surface area (Å²) in [5.41, 5.74) is 0.633. The maximum Gasteiger partial charge on any atom is 0.178 e. The molecule has 3 nitrogen and oxygen atoms in total. The third kappa shape index (κ3) is 1.10. The molecule has 3 heteroatoms. The van der Waals surface area contributed by atoms with Crippen molar-refractivity contribution in [1.29, 1.82) is 0 Å². The molecule has 0 bridgehead atoms. The van der Waals surface area contributed by atoms with Crippen LogP contribution < -0.4 is 0 Å². The largest absolute Gasteiger partial charge is 0.240 e. The van der Waals surface area contributed by atoms with Gasteiger partial charge in [-0.2, -0.15) is 0 Å². The van der Waals surface area contributed by atoms with Crippen LogP contribution in [0.3, 0.4) is 0 Å². The molecule has 0 saturated heterocycles. The Morgan fingerprint density at radius 3 is 3.00 bits per heavy atom. The van der Waals surface area contributed by atoms with Gasteiger partial charge in [0.15, 0.2) is 5.84 Å². The Morgan fingerprint density at radius 1 is 1.78 bits per heavy atom. The number of aliphatic imine (C=N–C) groups is 3. The lowest BCUT2D eigenvalue weighted by atomic mass is 10.5. The van der Waals surface area contributed by atoms with Crippen molar-refractivity contribution in [2.45, 2.75) is 6.92 Å². The van der Waals surface area contributed by atoms with Gasteiger partial charge in [-0.25, -0.2) is 15.0 Å². The molecule has 0 radical (unpaired) electrons. The molecule has 0 atom stereocenters. The predicted octanol–water partition coefficient (Wildman–Crippen LogP) is 1.03. The third-order valence-electron chi connectivity index (χ3n) is 0.903. The van der Waals surface area contributed by atoms with E-state index in [4.69, 9.17) is 0 Å². The molecule has 0 aliphatic carbocycles. The van der Waals surface area contributed by atoms with Crippen molar-refractivity contribution in [1.82, 2.24) is 0 Å². The van der Waals surface area contributed by atoms with Gasteiger partial charge in [0.2, 0.25) is 0 Å². The second kappa shape index (κ2) is 2.35. The van der Waals surface area contributed by atoms with Gasteiger partial charge >= 0.3 is 0 Å². The fourth-order valence-corrected chi connectivity index (χ4v) is 0.516. The molecule has 0 aromatic heterocycles. The monoisotopic (exact) mass is 121 g/mol. The average molecular weight is 121 g/mol. The Kier molecular flexibility index (Phi) is 1.53. The second-order valence-electron chi connectivity index (χ2n) is 1.53. The van der Waals surface area contributed by atoms with E-state index in [1.165, 1.54) is 6.34 Å². The summed E-state index contributed by atoms with van der Waals surface area (Å²) in [5, 5.41) is 0. The van der Waals surface area contributed by atoms with E-state index in [9.17, 15) is 0 Å². The van der Waals surface area contributed by atoms with Gasteiger partial charge in [0.05, 0.1) is 0 Å². The minimum Gasteiger partial charge on any atom is -0.240 e. The summed E-state index contributed by atoms with van der Waals surface area (Å²) >= 11 is 0. The van der Waals surface area contributed by atoms with Gasteiger partial charge in [-0.1, -0.05) is 6.58 Å². The van der Waals surface area contributed by atoms with Gasteiger partial charge in [0.25, 0.3) is 0 Å². The first-order valence-corrected chi connectivity index (χ1v) is 2.63. The number of hydrogen-bond acceptors (Lipinski definition) is 3. The van der Waals surface area contributed by atoms with Gasteiger partial charge in [-0.05, 0) is 6.92 Å². The molecule has 1 aliphatic heterocycles. The summed E-state index contributed by atoms with van der Waals surface area (Å²) in [6.07, 6.45) is 3.11. The summed E-state index contributed by atoms with van der Waals surface area (Å²) in [6.45, 7) is 5.44.